The fraction of sp³-hybridized carbons (Fsp3) is 0.133. The van der Waals surface area contributed by atoms with Gasteiger partial charge in [-0.05, 0) is 29.3 Å². The molecule has 2 aromatic carbocycles. The van der Waals surface area contributed by atoms with Crippen molar-refractivity contribution in [3.05, 3.63) is 59.2 Å². The molecule has 0 atom stereocenters. The number of rotatable bonds is 2. The van der Waals surface area contributed by atoms with E-state index in [-0.39, 0.29) is 0 Å². The van der Waals surface area contributed by atoms with Gasteiger partial charge in [0.15, 0.2) is 0 Å². The molecule has 1 heterocycles. The van der Waals surface area contributed by atoms with Gasteiger partial charge in [-0.1, -0.05) is 24.3 Å². The van der Waals surface area contributed by atoms with E-state index in [0.29, 0.717) is 11.3 Å². The predicted molar refractivity (Wildman–Crippen MR) is 75.7 cm³/mol. The number of nitrogens with two attached hydrogens (primary N) is 2. The summed E-state index contributed by atoms with van der Waals surface area (Å²) in [5.41, 5.74) is 15.5. The minimum atomic E-state index is -0.490. The van der Waals surface area contributed by atoms with E-state index in [2.05, 4.69) is 17.0 Å². The van der Waals surface area contributed by atoms with Crippen molar-refractivity contribution in [3.8, 4) is 0 Å². The SMILES string of the molecule is NC(=O)c1cc(N2Cc3ccccc3C2)ccc1N. The van der Waals surface area contributed by atoms with Gasteiger partial charge in [0.25, 0.3) is 5.91 Å². The molecule has 0 saturated heterocycles. The summed E-state index contributed by atoms with van der Waals surface area (Å²) in [7, 11) is 0. The summed E-state index contributed by atoms with van der Waals surface area (Å²) in [6.07, 6.45) is 0. The van der Waals surface area contributed by atoms with E-state index in [0.717, 1.165) is 18.8 Å². The maximum atomic E-state index is 11.3. The summed E-state index contributed by atoms with van der Waals surface area (Å²) in [5, 5.41) is 0. The van der Waals surface area contributed by atoms with Crippen LogP contribution in [0.4, 0.5) is 11.4 Å². The minimum Gasteiger partial charge on any atom is -0.398 e. The normalized spacial score (nSPS) is 13.4. The molecule has 0 bridgehead atoms. The Bertz CT molecular complexity index is 627. The lowest BCUT2D eigenvalue weighted by atomic mass is 10.1. The van der Waals surface area contributed by atoms with E-state index >= 15 is 0 Å². The first-order valence-electron chi connectivity index (χ1n) is 6.16. The monoisotopic (exact) mass is 253 g/mol. The molecule has 1 aliphatic rings. The second-order valence-electron chi connectivity index (χ2n) is 4.76. The van der Waals surface area contributed by atoms with Gasteiger partial charge in [-0.2, -0.15) is 0 Å². The van der Waals surface area contributed by atoms with E-state index in [1.54, 1.807) is 12.1 Å². The van der Waals surface area contributed by atoms with Crippen LogP contribution in [0.3, 0.4) is 0 Å². The Labute approximate surface area is 111 Å². The van der Waals surface area contributed by atoms with E-state index < -0.39 is 5.91 Å². The van der Waals surface area contributed by atoms with Crippen LogP contribution in [-0.2, 0) is 13.1 Å². The lowest BCUT2D eigenvalue weighted by molar-refractivity contribution is 0.100. The van der Waals surface area contributed by atoms with Gasteiger partial charge >= 0.3 is 0 Å². The Morgan fingerprint density at radius 3 is 2.26 bits per heavy atom. The van der Waals surface area contributed by atoms with Crippen LogP contribution >= 0.6 is 0 Å². The maximum Gasteiger partial charge on any atom is 0.250 e. The smallest absolute Gasteiger partial charge is 0.250 e. The fourth-order valence-electron chi connectivity index (χ4n) is 2.47. The van der Waals surface area contributed by atoms with Crippen LogP contribution in [-0.4, -0.2) is 5.91 Å². The second kappa shape index (κ2) is 4.31. The molecule has 4 N–H and O–H groups in total. The molecular weight excluding hydrogens is 238 g/mol. The lowest BCUT2D eigenvalue weighted by Gasteiger charge is -2.18. The number of amides is 1. The van der Waals surface area contributed by atoms with Crippen LogP contribution in [0.1, 0.15) is 21.5 Å². The maximum absolute atomic E-state index is 11.3. The molecule has 1 amide bonds. The van der Waals surface area contributed by atoms with Crippen molar-refractivity contribution in [2.24, 2.45) is 5.73 Å². The van der Waals surface area contributed by atoms with Gasteiger partial charge in [-0.25, -0.2) is 0 Å². The van der Waals surface area contributed by atoms with Crippen LogP contribution in [0.5, 0.6) is 0 Å². The molecule has 96 valence electrons. The van der Waals surface area contributed by atoms with Gasteiger partial charge < -0.3 is 16.4 Å². The third kappa shape index (κ3) is 2.01. The van der Waals surface area contributed by atoms with Crippen LogP contribution in [0, 0.1) is 0 Å². The third-order valence-electron chi connectivity index (χ3n) is 3.51. The van der Waals surface area contributed by atoms with Crippen molar-refractivity contribution in [2.45, 2.75) is 13.1 Å². The summed E-state index contributed by atoms with van der Waals surface area (Å²) in [6, 6.07) is 13.8. The molecule has 3 rings (SSSR count). The number of hydrogen-bond acceptors (Lipinski definition) is 3. The Hall–Kier alpha value is -2.49. The van der Waals surface area contributed by atoms with E-state index in [1.165, 1.54) is 11.1 Å². The van der Waals surface area contributed by atoms with Crippen molar-refractivity contribution < 1.29 is 4.79 Å². The zero-order valence-corrected chi connectivity index (χ0v) is 10.5. The molecule has 4 heteroatoms. The summed E-state index contributed by atoms with van der Waals surface area (Å²) >= 11 is 0. The van der Waals surface area contributed by atoms with Gasteiger partial charge in [0.05, 0.1) is 5.56 Å². The van der Waals surface area contributed by atoms with Crippen LogP contribution in [0.2, 0.25) is 0 Å². The number of nitrogens with zero attached hydrogens (tertiary/aromatic N) is 1. The first kappa shape index (κ1) is 11.6. The lowest BCUT2D eigenvalue weighted by Crippen LogP contribution is -2.18. The summed E-state index contributed by atoms with van der Waals surface area (Å²) in [4.78, 5) is 13.5. The molecule has 0 spiro atoms. The predicted octanol–water partition coefficient (Wildman–Crippen LogP) is 1.89. The average molecular weight is 253 g/mol. The summed E-state index contributed by atoms with van der Waals surface area (Å²) in [5.74, 6) is -0.490. The molecule has 0 aliphatic carbocycles. The molecule has 0 radical (unpaired) electrons. The second-order valence-corrected chi connectivity index (χ2v) is 4.76. The standard InChI is InChI=1S/C15H15N3O/c16-14-6-5-12(7-13(14)15(17)19)18-8-10-3-1-2-4-11(10)9-18/h1-7H,8-9,16H2,(H2,17,19). The Kier molecular flexibility index (Phi) is 2.63. The number of carbonyl (C=O) groups is 1. The highest BCUT2D eigenvalue weighted by molar-refractivity contribution is 5.99. The third-order valence-corrected chi connectivity index (χ3v) is 3.51. The molecule has 4 nitrogen and oxygen atoms in total. The number of fused-ring (bicyclic) bond motifs is 1. The molecule has 0 aromatic heterocycles. The highest BCUT2D eigenvalue weighted by Crippen LogP contribution is 2.29. The first-order chi connectivity index (χ1) is 9.15. The number of hydrogen-bond donors (Lipinski definition) is 2. The minimum absolute atomic E-state index is 0.383. The fourth-order valence-corrected chi connectivity index (χ4v) is 2.47. The largest absolute Gasteiger partial charge is 0.398 e. The number of carbonyl (C=O) groups excluding carboxylic acids is 1. The Balaban J connectivity index is 1.93. The quantitative estimate of drug-likeness (QED) is 0.803. The van der Waals surface area contributed by atoms with Crippen LogP contribution in [0.15, 0.2) is 42.5 Å². The van der Waals surface area contributed by atoms with E-state index in [1.807, 2.05) is 18.2 Å². The first-order valence-corrected chi connectivity index (χ1v) is 6.16. The van der Waals surface area contributed by atoms with E-state index in [9.17, 15) is 4.79 Å². The molecule has 0 unspecified atom stereocenters. The zero-order chi connectivity index (χ0) is 13.4. The summed E-state index contributed by atoms with van der Waals surface area (Å²) < 4.78 is 0. The molecular formula is C15H15N3O. The molecule has 0 saturated carbocycles. The zero-order valence-electron chi connectivity index (χ0n) is 10.5. The van der Waals surface area contributed by atoms with Gasteiger partial charge in [-0.15, -0.1) is 0 Å². The van der Waals surface area contributed by atoms with Crippen LogP contribution < -0.4 is 16.4 Å². The number of anilines is 2. The Morgan fingerprint density at radius 1 is 1.05 bits per heavy atom. The van der Waals surface area contributed by atoms with Gasteiger partial charge in [0.2, 0.25) is 0 Å². The van der Waals surface area contributed by atoms with E-state index in [4.69, 9.17) is 11.5 Å². The average Bonchev–Trinajstić information content (AvgIpc) is 2.82. The number of nitrogen functional groups attached to an aromatic ring is 1. The number of primary amides is 1. The van der Waals surface area contributed by atoms with Crippen LogP contribution in [0.25, 0.3) is 0 Å². The Morgan fingerprint density at radius 2 is 1.68 bits per heavy atom. The topological polar surface area (TPSA) is 72.4 Å². The van der Waals surface area contributed by atoms with Crippen molar-refractivity contribution >= 4 is 17.3 Å². The van der Waals surface area contributed by atoms with Crippen molar-refractivity contribution in [1.29, 1.82) is 0 Å². The van der Waals surface area contributed by atoms with Gasteiger partial charge in [0.1, 0.15) is 0 Å². The molecule has 0 fully saturated rings. The highest BCUT2D eigenvalue weighted by atomic mass is 16.1. The van der Waals surface area contributed by atoms with Crippen molar-refractivity contribution in [1.82, 2.24) is 0 Å². The van der Waals surface area contributed by atoms with Gasteiger partial charge in [-0.3, -0.25) is 4.79 Å². The highest BCUT2D eigenvalue weighted by Gasteiger charge is 2.19. The summed E-state index contributed by atoms with van der Waals surface area (Å²) in [6.45, 7) is 1.69. The molecule has 19 heavy (non-hydrogen) atoms. The molecule has 1 aliphatic heterocycles. The van der Waals surface area contributed by atoms with Crippen molar-refractivity contribution in [2.75, 3.05) is 10.6 Å². The molecule has 2 aromatic rings. The van der Waals surface area contributed by atoms with Crippen molar-refractivity contribution in [3.63, 3.8) is 0 Å². The van der Waals surface area contributed by atoms with Gasteiger partial charge in [0, 0.05) is 24.5 Å². The number of benzene rings is 2.